The molecule has 0 fully saturated rings. The van der Waals surface area contributed by atoms with Gasteiger partial charge < -0.3 is 9.84 Å². The summed E-state index contributed by atoms with van der Waals surface area (Å²) in [4.78, 5) is 9.84. The molecular formula is C9H14ClNO4. The summed E-state index contributed by atoms with van der Waals surface area (Å²) in [7, 11) is 1.00. The van der Waals surface area contributed by atoms with Gasteiger partial charge in [-0.25, -0.2) is 0 Å². The number of hydrogen-bond donors (Lipinski definition) is 3. The van der Waals surface area contributed by atoms with Crippen molar-refractivity contribution >= 4 is 23.8 Å². The lowest BCUT2D eigenvalue weighted by Crippen LogP contribution is -1.90. The predicted molar refractivity (Wildman–Crippen MR) is 58.5 cm³/mol. The van der Waals surface area contributed by atoms with Gasteiger partial charge in [0.2, 0.25) is 0 Å². The van der Waals surface area contributed by atoms with Crippen LogP contribution in [-0.2, 0) is 4.79 Å². The van der Waals surface area contributed by atoms with Crippen molar-refractivity contribution in [1.29, 1.82) is 0 Å². The molecule has 1 aromatic rings. The van der Waals surface area contributed by atoms with Crippen LogP contribution in [0.4, 0.5) is 5.69 Å². The van der Waals surface area contributed by atoms with E-state index < -0.39 is 0 Å². The van der Waals surface area contributed by atoms with Crippen LogP contribution in [0.25, 0.3) is 0 Å². The Kier molecular flexibility index (Phi) is 13.7. The summed E-state index contributed by atoms with van der Waals surface area (Å²) in [6.07, 6.45) is 1.47. The van der Waals surface area contributed by atoms with Gasteiger partial charge in [0, 0.05) is 13.5 Å². The highest BCUT2D eigenvalue weighted by Crippen LogP contribution is 2.13. The van der Waals surface area contributed by atoms with E-state index in [9.17, 15) is 4.79 Å². The van der Waals surface area contributed by atoms with Crippen LogP contribution in [-0.4, -0.2) is 30.3 Å². The van der Waals surface area contributed by atoms with Crippen LogP contribution in [0.2, 0.25) is 0 Å². The zero-order valence-electron chi connectivity index (χ0n) is 8.48. The van der Waals surface area contributed by atoms with E-state index in [2.05, 4.69) is 16.3 Å². The third kappa shape index (κ3) is 7.75. The Morgan fingerprint density at radius 3 is 2.07 bits per heavy atom. The summed E-state index contributed by atoms with van der Waals surface area (Å²) >= 11 is 4.64. The van der Waals surface area contributed by atoms with Crippen LogP contribution in [0.1, 0.15) is 0 Å². The zero-order valence-corrected chi connectivity index (χ0v) is 9.23. The smallest absolute Gasteiger partial charge is 0.298 e. The van der Waals surface area contributed by atoms with Crippen molar-refractivity contribution in [3.8, 4) is 5.75 Å². The molecule has 0 amide bonds. The molecule has 0 aliphatic heterocycles. The first-order valence-electron chi connectivity index (χ1n) is 3.80. The number of hydrogen-bond acceptors (Lipinski definition) is 5. The first-order chi connectivity index (χ1) is 7.36. The molecule has 0 unspecified atom stereocenters. The number of ether oxygens (including phenoxy) is 1. The van der Waals surface area contributed by atoms with Crippen LogP contribution in [0.15, 0.2) is 24.3 Å². The molecule has 0 bridgehead atoms. The van der Waals surface area contributed by atoms with Crippen molar-refractivity contribution in [2.75, 3.05) is 19.0 Å². The van der Waals surface area contributed by atoms with Crippen molar-refractivity contribution in [3.63, 3.8) is 0 Å². The first kappa shape index (κ1) is 16.1. The Bertz CT molecular complexity index is 240. The summed E-state index contributed by atoms with van der Waals surface area (Å²) in [5.74, 6) is 0.444. The van der Waals surface area contributed by atoms with Crippen LogP contribution in [0, 0.1) is 0 Å². The second-order valence-corrected chi connectivity index (χ2v) is 1.85. The number of aliphatic hydroxyl groups excluding tert-OH is 1. The number of carbonyl (C=O) groups excluding carboxylic acids is 1. The molecule has 0 spiro atoms. The minimum absolute atomic E-state index is 0.349. The Morgan fingerprint density at radius 1 is 1.27 bits per heavy atom. The monoisotopic (exact) mass is 235 g/mol. The molecule has 86 valence electrons. The number of benzene rings is 1. The van der Waals surface area contributed by atoms with Gasteiger partial charge in [0.05, 0.1) is 5.69 Å². The summed E-state index contributed by atoms with van der Waals surface area (Å²) in [5, 5.41) is 15.4. The van der Waals surface area contributed by atoms with Gasteiger partial charge in [0.25, 0.3) is 6.47 Å². The molecule has 0 aliphatic rings. The fraction of sp³-hybridized carbons (Fsp3) is 0.222. The average molecular weight is 236 g/mol. The number of nitrogens with one attached hydrogen (secondary N) is 1. The number of rotatable bonds is 3. The van der Waals surface area contributed by atoms with E-state index in [1.807, 2.05) is 5.48 Å². The molecule has 0 saturated heterocycles. The third-order valence-corrected chi connectivity index (χ3v) is 1.17. The molecular weight excluding hydrogens is 222 g/mol. The van der Waals surface area contributed by atoms with Crippen LogP contribution >= 0.6 is 11.6 Å². The largest absolute Gasteiger partial charge is 0.429 e. The van der Waals surface area contributed by atoms with Gasteiger partial charge in [0.1, 0.15) is 5.75 Å². The van der Waals surface area contributed by atoms with Gasteiger partial charge in [-0.2, -0.15) is 0 Å². The molecule has 3 N–H and O–H groups in total. The van der Waals surface area contributed by atoms with Crippen molar-refractivity contribution in [2.24, 2.45) is 0 Å². The summed E-state index contributed by atoms with van der Waals surface area (Å²) in [6, 6.07) is 6.29. The minimum Gasteiger partial charge on any atom is -0.429 e. The van der Waals surface area contributed by atoms with E-state index in [1.165, 1.54) is 6.38 Å². The average Bonchev–Trinajstić information content (AvgIpc) is 2.36. The van der Waals surface area contributed by atoms with Crippen molar-refractivity contribution in [2.45, 2.75) is 0 Å². The van der Waals surface area contributed by atoms with Crippen molar-refractivity contribution in [1.82, 2.24) is 0 Å². The van der Waals surface area contributed by atoms with Crippen molar-refractivity contribution in [3.05, 3.63) is 24.3 Å². The molecule has 0 aromatic heterocycles. The molecule has 6 heteroatoms. The molecule has 15 heavy (non-hydrogen) atoms. The standard InChI is InChI=1S/C7H7NO3.CH3Cl.CH4O/c9-5-11-7-3-1-6(8-10)2-4-7;2*1-2/h1-5,8,10H;1H3;2H,1H3. The third-order valence-electron chi connectivity index (χ3n) is 1.17. The highest BCUT2D eigenvalue weighted by Gasteiger charge is 1.91. The number of halogens is 1. The first-order valence-corrected chi connectivity index (χ1v) is 4.55. The summed E-state index contributed by atoms with van der Waals surface area (Å²) in [6.45, 7) is 0.349. The van der Waals surface area contributed by atoms with Crippen LogP contribution in [0.5, 0.6) is 5.75 Å². The molecule has 0 heterocycles. The quantitative estimate of drug-likeness (QED) is 0.420. The van der Waals surface area contributed by atoms with Gasteiger partial charge in [-0.3, -0.25) is 15.5 Å². The number of aliphatic hydroxyl groups is 1. The fourth-order valence-electron chi connectivity index (χ4n) is 0.664. The van der Waals surface area contributed by atoms with Crippen LogP contribution in [0.3, 0.4) is 0 Å². The lowest BCUT2D eigenvalue weighted by molar-refractivity contribution is -0.120. The van der Waals surface area contributed by atoms with Gasteiger partial charge in [-0.15, -0.1) is 11.6 Å². The van der Waals surface area contributed by atoms with E-state index in [4.69, 9.17) is 10.3 Å². The second kappa shape index (κ2) is 12.7. The number of carbonyl (C=O) groups is 1. The molecule has 0 saturated carbocycles. The van der Waals surface area contributed by atoms with Crippen molar-refractivity contribution < 1.29 is 19.8 Å². The molecule has 1 aromatic carbocycles. The summed E-state index contributed by atoms with van der Waals surface area (Å²) in [5.41, 5.74) is 2.50. The van der Waals surface area contributed by atoms with Gasteiger partial charge in [-0.05, 0) is 24.3 Å². The number of alkyl halides is 1. The van der Waals surface area contributed by atoms with Gasteiger partial charge in [-0.1, -0.05) is 0 Å². The van der Waals surface area contributed by atoms with E-state index in [0.717, 1.165) is 7.11 Å². The maximum atomic E-state index is 9.84. The Labute approximate surface area is 93.2 Å². The van der Waals surface area contributed by atoms with E-state index in [0.29, 0.717) is 17.9 Å². The molecule has 0 atom stereocenters. The molecule has 0 radical (unpaired) electrons. The SMILES string of the molecule is CCl.CO.O=COc1ccc(NO)cc1. The van der Waals surface area contributed by atoms with E-state index in [-0.39, 0.29) is 0 Å². The fourth-order valence-corrected chi connectivity index (χ4v) is 0.664. The molecule has 1 rings (SSSR count). The zero-order chi connectivity index (χ0) is 12.1. The maximum Gasteiger partial charge on any atom is 0.298 e. The topological polar surface area (TPSA) is 78.8 Å². The summed E-state index contributed by atoms with van der Waals surface area (Å²) < 4.78 is 4.52. The predicted octanol–water partition coefficient (Wildman–Crippen LogP) is 1.49. The molecule has 5 nitrogen and oxygen atoms in total. The lowest BCUT2D eigenvalue weighted by Gasteiger charge is -1.99. The highest BCUT2D eigenvalue weighted by molar-refractivity contribution is 6.15. The van der Waals surface area contributed by atoms with Gasteiger partial charge in [0.15, 0.2) is 0 Å². The molecule has 0 aliphatic carbocycles. The maximum absolute atomic E-state index is 9.84. The second-order valence-electron chi connectivity index (χ2n) is 1.85. The lowest BCUT2D eigenvalue weighted by atomic mass is 10.3. The Hall–Kier alpha value is -1.30. The highest BCUT2D eigenvalue weighted by atomic mass is 35.5. The van der Waals surface area contributed by atoms with Gasteiger partial charge >= 0.3 is 0 Å². The Balaban J connectivity index is 0. The minimum atomic E-state index is 0.349. The number of anilines is 1. The van der Waals surface area contributed by atoms with Crippen LogP contribution < -0.4 is 10.2 Å². The van der Waals surface area contributed by atoms with E-state index in [1.54, 1.807) is 24.3 Å². The normalized spacial score (nSPS) is 7.27. The Morgan fingerprint density at radius 2 is 1.73 bits per heavy atom. The van der Waals surface area contributed by atoms with E-state index >= 15 is 0 Å².